The summed E-state index contributed by atoms with van der Waals surface area (Å²) in [5.74, 6) is 0.378. The number of aromatic amines is 1. The number of hydrogen-bond donors (Lipinski definition) is 2. The predicted octanol–water partition coefficient (Wildman–Crippen LogP) is 2.73. The molecule has 1 saturated heterocycles. The fourth-order valence-corrected chi connectivity index (χ4v) is 6.15. The molecule has 2 aromatic carbocycles. The van der Waals surface area contributed by atoms with E-state index in [-0.39, 0.29) is 17.2 Å². The molecule has 11 heteroatoms. The number of fused-ring (bicyclic) bond motifs is 1. The molecule has 0 radical (unpaired) electrons. The normalized spacial score (nSPS) is 17.0. The van der Waals surface area contributed by atoms with Gasteiger partial charge in [0.05, 0.1) is 28.1 Å². The molecule has 0 bridgehead atoms. The molecule has 0 aliphatic carbocycles. The van der Waals surface area contributed by atoms with Gasteiger partial charge in [0.25, 0.3) is 5.56 Å². The molecule has 1 fully saturated rings. The van der Waals surface area contributed by atoms with Gasteiger partial charge in [-0.2, -0.15) is 0 Å². The van der Waals surface area contributed by atoms with Crippen LogP contribution in [-0.2, 0) is 22.9 Å². The van der Waals surface area contributed by atoms with E-state index in [4.69, 9.17) is 17.3 Å². The van der Waals surface area contributed by atoms with Gasteiger partial charge in [-0.25, -0.2) is 13.2 Å². The number of nitrogens with two attached hydrogens (primary N) is 1. The molecule has 34 heavy (non-hydrogen) atoms. The number of hydrogen-bond acceptors (Lipinski definition) is 6. The standard InChI is InChI=1S/C23H26BrClN4O4S/c1-2-34(32,33)21-4-3-17(25)7-16(21)13-29-22(30)18-9-19(24)15(8-20(18)27-23(29)31)12-28-6-5-14(10-26)11-28/h3-4,7-9,14H,2,5-6,10-13,26H2,1H3,(H,27,31). The summed E-state index contributed by atoms with van der Waals surface area (Å²) in [6, 6.07) is 7.89. The molecule has 1 aliphatic rings. The van der Waals surface area contributed by atoms with E-state index in [1.54, 1.807) is 6.07 Å². The number of rotatable bonds is 7. The van der Waals surface area contributed by atoms with Crippen LogP contribution in [0.3, 0.4) is 0 Å². The molecule has 1 atom stereocenters. The fourth-order valence-electron chi connectivity index (χ4n) is 4.37. The molecule has 8 nitrogen and oxygen atoms in total. The molecule has 3 N–H and O–H groups in total. The van der Waals surface area contributed by atoms with Gasteiger partial charge >= 0.3 is 5.69 Å². The molecule has 1 aliphatic heterocycles. The van der Waals surface area contributed by atoms with Gasteiger partial charge in [-0.3, -0.25) is 14.3 Å². The molecule has 0 spiro atoms. The van der Waals surface area contributed by atoms with Crippen LogP contribution in [0.2, 0.25) is 5.02 Å². The summed E-state index contributed by atoms with van der Waals surface area (Å²) in [5, 5.41) is 0.653. The van der Waals surface area contributed by atoms with E-state index < -0.39 is 21.1 Å². The van der Waals surface area contributed by atoms with E-state index in [1.165, 1.54) is 25.1 Å². The van der Waals surface area contributed by atoms with Crippen LogP contribution < -0.4 is 17.0 Å². The first-order chi connectivity index (χ1) is 16.1. The highest BCUT2D eigenvalue weighted by Gasteiger charge is 2.23. The van der Waals surface area contributed by atoms with Gasteiger partial charge in [0.15, 0.2) is 9.84 Å². The van der Waals surface area contributed by atoms with Gasteiger partial charge in [0.1, 0.15) is 0 Å². The van der Waals surface area contributed by atoms with Crippen molar-refractivity contribution in [2.75, 3.05) is 25.4 Å². The van der Waals surface area contributed by atoms with Crippen LogP contribution in [0.1, 0.15) is 24.5 Å². The maximum Gasteiger partial charge on any atom is 0.329 e. The van der Waals surface area contributed by atoms with Crippen molar-refractivity contribution in [3.63, 3.8) is 0 Å². The number of benzene rings is 2. The van der Waals surface area contributed by atoms with E-state index in [0.717, 1.165) is 34.1 Å². The molecule has 0 saturated carbocycles. The van der Waals surface area contributed by atoms with Crippen LogP contribution >= 0.6 is 27.5 Å². The monoisotopic (exact) mass is 568 g/mol. The lowest BCUT2D eigenvalue weighted by molar-refractivity contribution is 0.317. The molecule has 1 unspecified atom stereocenters. The van der Waals surface area contributed by atoms with Crippen molar-refractivity contribution in [1.29, 1.82) is 0 Å². The minimum Gasteiger partial charge on any atom is -0.330 e. The summed E-state index contributed by atoms with van der Waals surface area (Å²) in [5.41, 5.74) is 6.36. The zero-order valence-electron chi connectivity index (χ0n) is 18.7. The number of nitrogens with one attached hydrogen (secondary N) is 1. The maximum absolute atomic E-state index is 13.3. The third kappa shape index (κ3) is 5.01. The van der Waals surface area contributed by atoms with Crippen LogP contribution in [0.5, 0.6) is 0 Å². The quantitative estimate of drug-likeness (QED) is 0.452. The van der Waals surface area contributed by atoms with Crippen molar-refractivity contribution < 1.29 is 8.42 Å². The number of nitrogens with zero attached hydrogens (tertiary/aromatic N) is 2. The van der Waals surface area contributed by atoms with E-state index in [9.17, 15) is 18.0 Å². The number of aromatic nitrogens is 2. The Morgan fingerprint density at radius 3 is 2.62 bits per heavy atom. The summed E-state index contributed by atoms with van der Waals surface area (Å²) >= 11 is 9.66. The highest BCUT2D eigenvalue weighted by atomic mass is 79.9. The van der Waals surface area contributed by atoms with Crippen molar-refractivity contribution in [1.82, 2.24) is 14.5 Å². The second-order valence-electron chi connectivity index (χ2n) is 8.59. The van der Waals surface area contributed by atoms with Crippen molar-refractivity contribution in [2.24, 2.45) is 11.7 Å². The summed E-state index contributed by atoms with van der Waals surface area (Å²) in [4.78, 5) is 31.3. The number of H-pyrrole nitrogens is 1. The summed E-state index contributed by atoms with van der Waals surface area (Å²) < 4.78 is 26.8. The number of sulfone groups is 1. The average Bonchev–Trinajstić information content (AvgIpc) is 3.25. The van der Waals surface area contributed by atoms with Crippen molar-refractivity contribution in [3.8, 4) is 0 Å². The Labute approximate surface area is 210 Å². The van der Waals surface area contributed by atoms with Crippen LogP contribution in [0.15, 0.2) is 49.3 Å². The molecule has 1 aromatic heterocycles. The zero-order chi connectivity index (χ0) is 24.6. The smallest absolute Gasteiger partial charge is 0.329 e. The van der Waals surface area contributed by atoms with Crippen LogP contribution in [0, 0.1) is 5.92 Å². The zero-order valence-corrected chi connectivity index (χ0v) is 21.8. The SMILES string of the molecule is CCS(=O)(=O)c1ccc(Cl)cc1Cn1c(=O)[nH]c2cc(CN3CCC(CN)C3)c(Br)cc2c1=O. The second kappa shape index (κ2) is 9.94. The fraction of sp³-hybridized carbons (Fsp3) is 0.391. The number of halogens is 2. The Kier molecular flexibility index (Phi) is 7.35. The first kappa shape index (κ1) is 25.1. The van der Waals surface area contributed by atoms with Gasteiger partial charge < -0.3 is 10.7 Å². The first-order valence-electron chi connectivity index (χ1n) is 11.0. The Morgan fingerprint density at radius 1 is 1.18 bits per heavy atom. The van der Waals surface area contributed by atoms with Crippen LogP contribution in [0.25, 0.3) is 10.9 Å². The van der Waals surface area contributed by atoms with E-state index in [2.05, 4.69) is 25.8 Å². The molecule has 0 amide bonds. The van der Waals surface area contributed by atoms with Crippen molar-refractivity contribution in [3.05, 3.63) is 71.8 Å². The second-order valence-corrected chi connectivity index (χ2v) is 12.1. The Morgan fingerprint density at radius 2 is 1.94 bits per heavy atom. The van der Waals surface area contributed by atoms with Crippen LogP contribution in [0.4, 0.5) is 0 Å². The Bertz CT molecular complexity index is 1470. The van der Waals surface area contributed by atoms with Gasteiger partial charge in [-0.1, -0.05) is 34.5 Å². The highest BCUT2D eigenvalue weighted by Crippen LogP contribution is 2.26. The third-order valence-electron chi connectivity index (χ3n) is 6.31. The molecule has 4 rings (SSSR count). The van der Waals surface area contributed by atoms with Gasteiger partial charge in [-0.15, -0.1) is 0 Å². The summed E-state index contributed by atoms with van der Waals surface area (Å²) in [6.07, 6.45) is 1.06. The third-order valence-corrected chi connectivity index (χ3v) is 9.11. The first-order valence-corrected chi connectivity index (χ1v) is 13.8. The summed E-state index contributed by atoms with van der Waals surface area (Å²) in [7, 11) is -3.57. The van der Waals surface area contributed by atoms with E-state index >= 15 is 0 Å². The predicted molar refractivity (Wildman–Crippen MR) is 137 cm³/mol. The maximum atomic E-state index is 13.3. The summed E-state index contributed by atoms with van der Waals surface area (Å²) in [6.45, 7) is 4.53. The molecule has 182 valence electrons. The van der Waals surface area contributed by atoms with E-state index in [0.29, 0.717) is 40.5 Å². The molecular weight excluding hydrogens is 544 g/mol. The average molecular weight is 570 g/mol. The lowest BCUT2D eigenvalue weighted by Gasteiger charge is -2.17. The van der Waals surface area contributed by atoms with Crippen LogP contribution in [-0.4, -0.2) is 48.3 Å². The Hall–Kier alpha value is -1.98. The van der Waals surface area contributed by atoms with Gasteiger partial charge in [0, 0.05) is 22.6 Å². The van der Waals surface area contributed by atoms with Gasteiger partial charge in [-0.05, 0) is 66.9 Å². The molecular formula is C23H26BrClN4O4S. The van der Waals surface area contributed by atoms with Gasteiger partial charge in [0.2, 0.25) is 0 Å². The minimum atomic E-state index is -3.57. The lowest BCUT2D eigenvalue weighted by atomic mass is 10.1. The molecule has 2 heterocycles. The lowest BCUT2D eigenvalue weighted by Crippen LogP contribution is -2.35. The highest BCUT2D eigenvalue weighted by molar-refractivity contribution is 9.10. The molecule has 3 aromatic rings. The van der Waals surface area contributed by atoms with E-state index in [1.807, 2.05) is 6.07 Å². The van der Waals surface area contributed by atoms with Crippen molar-refractivity contribution in [2.45, 2.75) is 31.3 Å². The topological polar surface area (TPSA) is 118 Å². The van der Waals surface area contributed by atoms with Crippen molar-refractivity contribution >= 4 is 48.3 Å². The minimum absolute atomic E-state index is 0.0590. The largest absolute Gasteiger partial charge is 0.330 e. The Balaban J connectivity index is 1.74. The number of likely N-dealkylation sites (tertiary alicyclic amines) is 1.